The monoisotopic (exact) mass is 604 g/mol. The van der Waals surface area contributed by atoms with E-state index in [9.17, 15) is 30.3 Å². The van der Waals surface area contributed by atoms with Gasteiger partial charge in [0.2, 0.25) is 0 Å². The molecule has 244 valence electrons. The lowest BCUT2D eigenvalue weighted by Gasteiger charge is -2.71. The highest BCUT2D eigenvalue weighted by atomic mass is 16.7. The van der Waals surface area contributed by atoms with Crippen molar-refractivity contribution in [2.24, 2.45) is 50.2 Å². The van der Waals surface area contributed by atoms with Crippen molar-refractivity contribution in [3.8, 4) is 0 Å². The van der Waals surface area contributed by atoms with Gasteiger partial charge in [-0.15, -0.1) is 0 Å². The Kier molecular flexibility index (Phi) is 7.60. The SMILES string of the molecule is CC1(C)CC[C@]2(C(=O)O)CC[C@]3(C)C(=CCC4[C@@]5(C)CC[C@H](O[C@@H]6OC[C@H](O)[C@H](O)[C@H]6O)[C@@](C)(CO)C5CC[C@]43C)C2C1. The van der Waals surface area contributed by atoms with Crippen LogP contribution < -0.4 is 0 Å². The first kappa shape index (κ1) is 31.9. The van der Waals surface area contributed by atoms with Crippen LogP contribution in [-0.4, -0.2) is 75.4 Å². The summed E-state index contributed by atoms with van der Waals surface area (Å²) in [5, 5.41) is 52.3. The van der Waals surface area contributed by atoms with Crippen molar-refractivity contribution in [2.75, 3.05) is 13.2 Å². The van der Waals surface area contributed by atoms with Gasteiger partial charge in [0, 0.05) is 5.41 Å². The van der Waals surface area contributed by atoms with E-state index in [2.05, 4.69) is 47.6 Å². The summed E-state index contributed by atoms with van der Waals surface area (Å²) in [6.07, 6.45) is 6.03. The summed E-state index contributed by atoms with van der Waals surface area (Å²) in [6.45, 7) is 13.9. The summed E-state index contributed by atoms with van der Waals surface area (Å²) in [7, 11) is 0. The molecule has 0 aromatic carbocycles. The van der Waals surface area contributed by atoms with Crippen molar-refractivity contribution in [1.82, 2.24) is 0 Å². The lowest BCUT2D eigenvalue weighted by molar-refractivity contribution is -0.312. The van der Waals surface area contributed by atoms with E-state index in [0.29, 0.717) is 12.3 Å². The topological polar surface area (TPSA) is 137 Å². The normalized spacial score (nSPS) is 54.3. The largest absolute Gasteiger partial charge is 0.481 e. The minimum Gasteiger partial charge on any atom is -0.481 e. The van der Waals surface area contributed by atoms with Crippen LogP contribution in [0.1, 0.15) is 106 Å². The van der Waals surface area contributed by atoms with Gasteiger partial charge >= 0.3 is 5.97 Å². The number of fused-ring (bicyclic) bond motifs is 7. The van der Waals surface area contributed by atoms with Gasteiger partial charge in [-0.1, -0.05) is 53.2 Å². The number of carboxylic acid groups (broad SMARTS) is 1. The Morgan fingerprint density at radius 1 is 0.930 bits per heavy atom. The highest BCUT2D eigenvalue weighted by Crippen LogP contribution is 2.76. The summed E-state index contributed by atoms with van der Waals surface area (Å²) in [5.41, 5.74) is 0.232. The fourth-order valence-electron chi connectivity index (χ4n) is 11.9. The zero-order valence-electron chi connectivity index (χ0n) is 27.1. The molecule has 0 bridgehead atoms. The molecule has 5 fully saturated rings. The van der Waals surface area contributed by atoms with Gasteiger partial charge in [-0.3, -0.25) is 4.79 Å². The number of ether oxygens (including phenoxy) is 2. The molecule has 5 aliphatic carbocycles. The van der Waals surface area contributed by atoms with Crippen molar-refractivity contribution < 1.29 is 39.8 Å². The van der Waals surface area contributed by atoms with Crippen LogP contribution in [0.5, 0.6) is 0 Å². The van der Waals surface area contributed by atoms with Gasteiger partial charge in [0.25, 0.3) is 0 Å². The van der Waals surface area contributed by atoms with Crippen LogP contribution in [-0.2, 0) is 14.3 Å². The molecule has 1 aliphatic heterocycles. The molecule has 0 amide bonds. The van der Waals surface area contributed by atoms with Crippen LogP contribution in [0.4, 0.5) is 0 Å². The van der Waals surface area contributed by atoms with Gasteiger partial charge in [-0.05, 0) is 104 Å². The predicted molar refractivity (Wildman–Crippen MR) is 161 cm³/mol. The minimum atomic E-state index is -1.36. The third kappa shape index (κ3) is 4.32. The van der Waals surface area contributed by atoms with Gasteiger partial charge in [-0.25, -0.2) is 0 Å². The lowest BCUT2D eigenvalue weighted by atomic mass is 9.33. The first-order valence-corrected chi connectivity index (χ1v) is 16.9. The maximum absolute atomic E-state index is 12.9. The van der Waals surface area contributed by atoms with Gasteiger partial charge in [0.1, 0.15) is 18.3 Å². The second-order valence-corrected chi connectivity index (χ2v) is 17.3. The van der Waals surface area contributed by atoms with Crippen LogP contribution >= 0.6 is 0 Å². The number of hydrogen-bond donors (Lipinski definition) is 5. The third-order valence-electron chi connectivity index (χ3n) is 14.9. The number of allylic oxidation sites excluding steroid dienone is 2. The van der Waals surface area contributed by atoms with Crippen LogP contribution in [0, 0.1) is 50.2 Å². The first-order valence-electron chi connectivity index (χ1n) is 16.9. The van der Waals surface area contributed by atoms with Gasteiger partial charge in [-0.2, -0.15) is 0 Å². The predicted octanol–water partition coefficient (Wildman–Crippen LogP) is 4.67. The van der Waals surface area contributed by atoms with Crippen molar-refractivity contribution in [3.05, 3.63) is 11.6 Å². The minimum absolute atomic E-state index is 0.0154. The number of rotatable bonds is 4. The van der Waals surface area contributed by atoms with E-state index in [0.717, 1.165) is 57.8 Å². The van der Waals surface area contributed by atoms with Crippen molar-refractivity contribution in [3.63, 3.8) is 0 Å². The van der Waals surface area contributed by atoms with Crippen LogP contribution in [0.25, 0.3) is 0 Å². The standard InChI is InChI=1S/C35H56O8/c1-30(2)13-15-35(29(40)41)16-14-33(5)20(21(35)17-30)7-8-24-31(3)11-10-25(43-28-27(39)26(38)22(37)18-42-28)32(4,19-36)23(31)9-12-34(24,33)6/h7,21-28,36-39H,8-19H2,1-6H3,(H,40,41)/t21?,22-,23?,24?,25-,26-,27+,28-,31-,32-,33+,34+,35-/m0/s1. The summed E-state index contributed by atoms with van der Waals surface area (Å²) >= 11 is 0. The Hall–Kier alpha value is -1.03. The Bertz CT molecular complexity index is 1150. The maximum atomic E-state index is 12.9. The van der Waals surface area contributed by atoms with E-state index in [1.54, 1.807) is 0 Å². The van der Waals surface area contributed by atoms with Crippen LogP contribution in [0.15, 0.2) is 11.6 Å². The molecule has 13 atom stereocenters. The molecule has 0 spiro atoms. The molecule has 6 rings (SSSR count). The molecule has 1 saturated heterocycles. The average molecular weight is 605 g/mol. The summed E-state index contributed by atoms with van der Waals surface area (Å²) in [4.78, 5) is 12.9. The Morgan fingerprint density at radius 2 is 1.63 bits per heavy atom. The molecule has 4 saturated carbocycles. The number of aliphatic hydroxyl groups is 4. The molecule has 8 heteroatoms. The van der Waals surface area contributed by atoms with E-state index in [4.69, 9.17) is 9.47 Å². The van der Waals surface area contributed by atoms with E-state index in [1.807, 2.05) is 0 Å². The van der Waals surface area contributed by atoms with E-state index in [1.165, 1.54) is 5.57 Å². The molecule has 6 aliphatic rings. The molecule has 0 aromatic rings. The highest BCUT2D eigenvalue weighted by molar-refractivity contribution is 5.76. The summed E-state index contributed by atoms with van der Waals surface area (Å²) in [5.74, 6) is 0.0529. The van der Waals surface area contributed by atoms with Crippen LogP contribution in [0.2, 0.25) is 0 Å². The molecule has 43 heavy (non-hydrogen) atoms. The van der Waals surface area contributed by atoms with Gasteiger partial charge in [0.05, 0.1) is 24.7 Å². The number of carbonyl (C=O) groups is 1. The Morgan fingerprint density at radius 3 is 2.30 bits per heavy atom. The van der Waals surface area contributed by atoms with Crippen molar-refractivity contribution in [2.45, 2.75) is 136 Å². The Labute approximate surface area is 257 Å². The quantitative estimate of drug-likeness (QED) is 0.231. The fraction of sp³-hybridized carbons (Fsp3) is 0.914. The molecule has 1 heterocycles. The summed E-state index contributed by atoms with van der Waals surface area (Å²) in [6, 6.07) is 0. The molecule has 0 radical (unpaired) electrons. The second kappa shape index (κ2) is 10.2. The van der Waals surface area contributed by atoms with Gasteiger partial charge in [0.15, 0.2) is 6.29 Å². The van der Waals surface area contributed by atoms with E-state index >= 15 is 0 Å². The molecule has 3 unspecified atom stereocenters. The maximum Gasteiger partial charge on any atom is 0.310 e. The zero-order valence-corrected chi connectivity index (χ0v) is 27.1. The smallest absolute Gasteiger partial charge is 0.310 e. The number of carboxylic acids is 1. The first-order chi connectivity index (χ1) is 20.0. The van der Waals surface area contributed by atoms with E-state index < -0.39 is 41.4 Å². The lowest BCUT2D eigenvalue weighted by Crippen LogP contribution is -2.66. The van der Waals surface area contributed by atoms with E-state index in [-0.39, 0.29) is 52.8 Å². The number of aliphatic hydroxyl groups excluding tert-OH is 4. The van der Waals surface area contributed by atoms with Crippen molar-refractivity contribution >= 4 is 5.97 Å². The molecular formula is C35H56O8. The number of hydrogen-bond acceptors (Lipinski definition) is 7. The molecule has 8 nitrogen and oxygen atoms in total. The van der Waals surface area contributed by atoms with Crippen LogP contribution in [0.3, 0.4) is 0 Å². The average Bonchev–Trinajstić information content (AvgIpc) is 2.94. The third-order valence-corrected chi connectivity index (χ3v) is 14.9. The van der Waals surface area contributed by atoms with Crippen molar-refractivity contribution in [1.29, 1.82) is 0 Å². The second-order valence-electron chi connectivity index (χ2n) is 17.3. The zero-order chi connectivity index (χ0) is 31.4. The molecular weight excluding hydrogens is 548 g/mol. The summed E-state index contributed by atoms with van der Waals surface area (Å²) < 4.78 is 12.0. The Balaban J connectivity index is 1.32. The highest BCUT2D eigenvalue weighted by Gasteiger charge is 2.70. The molecule has 0 aromatic heterocycles. The number of aliphatic carboxylic acids is 1. The van der Waals surface area contributed by atoms with Gasteiger partial charge < -0.3 is 35.0 Å². The fourth-order valence-corrected chi connectivity index (χ4v) is 11.9. The molecule has 5 N–H and O–H groups in total.